The van der Waals surface area contributed by atoms with Crippen LogP contribution in [0.1, 0.15) is 28.8 Å². The van der Waals surface area contributed by atoms with Crippen LogP contribution in [0.2, 0.25) is 0 Å². The van der Waals surface area contributed by atoms with Crippen LogP contribution in [0.4, 0.5) is 5.69 Å². The Morgan fingerprint density at radius 2 is 1.64 bits per heavy atom. The van der Waals surface area contributed by atoms with Gasteiger partial charge in [-0.25, -0.2) is 0 Å². The summed E-state index contributed by atoms with van der Waals surface area (Å²) in [5, 5.41) is 3.57. The van der Waals surface area contributed by atoms with E-state index in [0.29, 0.717) is 6.04 Å². The number of rotatable bonds is 4. The molecule has 0 spiro atoms. The Hall–Kier alpha value is -2.13. The van der Waals surface area contributed by atoms with E-state index in [1.54, 1.807) is 0 Å². The molecule has 0 unspecified atom stereocenters. The van der Waals surface area contributed by atoms with Crippen molar-refractivity contribution in [3.05, 3.63) is 65.7 Å². The molecule has 3 rings (SSSR count). The number of carbonyl (C=O) groups excluding carboxylic acids is 1. The highest BCUT2D eigenvalue weighted by Crippen LogP contribution is 2.22. The summed E-state index contributed by atoms with van der Waals surface area (Å²) < 4.78 is 0. The summed E-state index contributed by atoms with van der Waals surface area (Å²) in [5.74, 6) is 0.0802. The van der Waals surface area contributed by atoms with Gasteiger partial charge in [0.15, 0.2) is 5.78 Å². The van der Waals surface area contributed by atoms with Crippen LogP contribution in [0.5, 0.6) is 0 Å². The number of piperidine rings is 1. The van der Waals surface area contributed by atoms with Crippen LogP contribution in [0.25, 0.3) is 0 Å². The maximum atomic E-state index is 12.7. The molecule has 1 saturated heterocycles. The Balaban J connectivity index is 1.80. The molecule has 1 N–H and O–H groups in total. The molecule has 1 aliphatic heterocycles. The number of carbonyl (C=O) groups is 1. The molecule has 3 nitrogen and oxygen atoms in total. The zero-order chi connectivity index (χ0) is 15.4. The Bertz CT molecular complexity index is 631. The second kappa shape index (κ2) is 6.75. The Labute approximate surface area is 132 Å². The molecule has 22 heavy (non-hydrogen) atoms. The van der Waals surface area contributed by atoms with Crippen LogP contribution in [-0.2, 0) is 0 Å². The zero-order valence-electron chi connectivity index (χ0n) is 13.0. The van der Waals surface area contributed by atoms with Gasteiger partial charge < -0.3 is 10.2 Å². The highest BCUT2D eigenvalue weighted by atomic mass is 16.1. The van der Waals surface area contributed by atoms with Gasteiger partial charge in [0.25, 0.3) is 0 Å². The van der Waals surface area contributed by atoms with E-state index in [-0.39, 0.29) is 5.78 Å². The number of nitrogens with one attached hydrogen (secondary N) is 1. The first-order chi connectivity index (χ1) is 10.7. The summed E-state index contributed by atoms with van der Waals surface area (Å²) in [6.07, 6.45) is 2.23. The van der Waals surface area contributed by atoms with Gasteiger partial charge in [0.1, 0.15) is 0 Å². The molecule has 0 aromatic heterocycles. The normalized spacial score (nSPS) is 16.4. The summed E-state index contributed by atoms with van der Waals surface area (Å²) >= 11 is 0. The van der Waals surface area contributed by atoms with E-state index in [4.69, 9.17) is 0 Å². The third-order valence-electron chi connectivity index (χ3n) is 4.29. The molecule has 1 fully saturated rings. The van der Waals surface area contributed by atoms with Crippen LogP contribution in [-0.4, -0.2) is 36.9 Å². The Morgan fingerprint density at radius 3 is 2.36 bits per heavy atom. The standard InChI is InChI=1S/C19H22N2O/c1-21-13-11-16(12-14-21)20-18-10-6-5-9-17(18)19(22)15-7-3-2-4-8-15/h2-10,16,20H,11-14H2,1H3. The van der Waals surface area contributed by atoms with E-state index < -0.39 is 0 Å². The molecule has 1 aliphatic rings. The highest BCUT2D eigenvalue weighted by molar-refractivity contribution is 6.12. The molecular formula is C19H22N2O. The number of likely N-dealkylation sites (tertiary alicyclic amines) is 1. The SMILES string of the molecule is CN1CCC(Nc2ccccc2C(=O)c2ccccc2)CC1. The van der Waals surface area contributed by atoms with Crippen molar-refractivity contribution in [3.8, 4) is 0 Å². The molecule has 2 aromatic carbocycles. The highest BCUT2D eigenvalue weighted by Gasteiger charge is 2.19. The predicted octanol–water partition coefficient (Wildman–Crippen LogP) is 3.42. The number of nitrogens with zero attached hydrogens (tertiary/aromatic N) is 1. The molecule has 114 valence electrons. The first-order valence-corrected chi connectivity index (χ1v) is 7.88. The maximum Gasteiger partial charge on any atom is 0.195 e. The number of hydrogen-bond acceptors (Lipinski definition) is 3. The summed E-state index contributed by atoms with van der Waals surface area (Å²) in [6.45, 7) is 2.21. The third-order valence-corrected chi connectivity index (χ3v) is 4.29. The van der Waals surface area contributed by atoms with Crippen LogP contribution in [0, 0.1) is 0 Å². The van der Waals surface area contributed by atoms with E-state index in [1.165, 1.54) is 0 Å². The molecule has 0 aliphatic carbocycles. The van der Waals surface area contributed by atoms with Gasteiger partial charge in [-0.3, -0.25) is 4.79 Å². The molecule has 0 saturated carbocycles. The lowest BCUT2D eigenvalue weighted by atomic mass is 9.99. The van der Waals surface area contributed by atoms with Crippen molar-refractivity contribution in [3.63, 3.8) is 0 Å². The van der Waals surface area contributed by atoms with Gasteiger partial charge in [-0.05, 0) is 45.1 Å². The van der Waals surface area contributed by atoms with Crippen molar-refractivity contribution in [1.29, 1.82) is 0 Å². The van der Waals surface area contributed by atoms with Gasteiger partial charge in [-0.2, -0.15) is 0 Å². The number of benzene rings is 2. The van der Waals surface area contributed by atoms with Gasteiger partial charge in [0, 0.05) is 22.9 Å². The van der Waals surface area contributed by atoms with Gasteiger partial charge >= 0.3 is 0 Å². The quantitative estimate of drug-likeness (QED) is 0.877. The van der Waals surface area contributed by atoms with Crippen molar-refractivity contribution < 1.29 is 4.79 Å². The second-order valence-corrected chi connectivity index (χ2v) is 5.96. The smallest absolute Gasteiger partial charge is 0.195 e. The van der Waals surface area contributed by atoms with Crippen LogP contribution in [0.15, 0.2) is 54.6 Å². The summed E-state index contributed by atoms with van der Waals surface area (Å²) in [4.78, 5) is 15.1. The fourth-order valence-electron chi connectivity index (χ4n) is 2.92. The first kappa shape index (κ1) is 14.8. The fraction of sp³-hybridized carbons (Fsp3) is 0.316. The topological polar surface area (TPSA) is 32.3 Å². The van der Waals surface area contributed by atoms with Gasteiger partial charge in [-0.1, -0.05) is 42.5 Å². The van der Waals surface area contributed by atoms with E-state index >= 15 is 0 Å². The monoisotopic (exact) mass is 294 g/mol. The van der Waals surface area contributed by atoms with E-state index in [1.807, 2.05) is 54.6 Å². The van der Waals surface area contributed by atoms with Crippen LogP contribution < -0.4 is 5.32 Å². The molecule has 3 heteroatoms. The lowest BCUT2D eigenvalue weighted by Crippen LogP contribution is -2.37. The molecule has 0 radical (unpaired) electrons. The van der Waals surface area contributed by atoms with Crippen molar-refractivity contribution in [2.75, 3.05) is 25.5 Å². The third kappa shape index (κ3) is 3.37. The van der Waals surface area contributed by atoms with E-state index in [0.717, 1.165) is 42.7 Å². The van der Waals surface area contributed by atoms with E-state index in [9.17, 15) is 4.79 Å². The predicted molar refractivity (Wildman–Crippen MR) is 90.5 cm³/mol. The molecule has 0 atom stereocenters. The van der Waals surface area contributed by atoms with E-state index in [2.05, 4.69) is 17.3 Å². The largest absolute Gasteiger partial charge is 0.382 e. The minimum atomic E-state index is 0.0802. The Kier molecular flexibility index (Phi) is 4.54. The lowest BCUT2D eigenvalue weighted by Gasteiger charge is -2.30. The minimum absolute atomic E-state index is 0.0802. The maximum absolute atomic E-state index is 12.7. The molecule has 1 heterocycles. The fourth-order valence-corrected chi connectivity index (χ4v) is 2.92. The summed E-state index contributed by atoms with van der Waals surface area (Å²) in [6, 6.07) is 17.8. The number of ketones is 1. The average molecular weight is 294 g/mol. The van der Waals surface area contributed by atoms with Crippen molar-refractivity contribution in [2.24, 2.45) is 0 Å². The average Bonchev–Trinajstić information content (AvgIpc) is 2.58. The van der Waals surface area contributed by atoms with Crippen molar-refractivity contribution in [1.82, 2.24) is 4.90 Å². The zero-order valence-corrected chi connectivity index (χ0v) is 13.0. The van der Waals surface area contributed by atoms with Crippen LogP contribution >= 0.6 is 0 Å². The lowest BCUT2D eigenvalue weighted by molar-refractivity contribution is 0.103. The first-order valence-electron chi connectivity index (χ1n) is 7.88. The van der Waals surface area contributed by atoms with Gasteiger partial charge in [0.05, 0.1) is 0 Å². The van der Waals surface area contributed by atoms with Crippen molar-refractivity contribution in [2.45, 2.75) is 18.9 Å². The van der Waals surface area contributed by atoms with Gasteiger partial charge in [0.2, 0.25) is 0 Å². The molecule has 0 bridgehead atoms. The number of para-hydroxylation sites is 1. The molecule has 0 amide bonds. The minimum Gasteiger partial charge on any atom is -0.382 e. The van der Waals surface area contributed by atoms with Crippen molar-refractivity contribution >= 4 is 11.5 Å². The summed E-state index contributed by atoms with van der Waals surface area (Å²) in [5.41, 5.74) is 2.44. The van der Waals surface area contributed by atoms with Gasteiger partial charge in [-0.15, -0.1) is 0 Å². The Morgan fingerprint density at radius 1 is 1.00 bits per heavy atom. The number of hydrogen-bond donors (Lipinski definition) is 1. The summed E-state index contributed by atoms with van der Waals surface area (Å²) in [7, 11) is 2.16. The van der Waals surface area contributed by atoms with Crippen LogP contribution in [0.3, 0.4) is 0 Å². The second-order valence-electron chi connectivity index (χ2n) is 5.96. The molecule has 2 aromatic rings. The molecular weight excluding hydrogens is 272 g/mol. The number of anilines is 1.